The average molecular weight is 355 g/mol. The molecule has 2 aromatic rings. The second kappa shape index (κ2) is 7.77. The van der Waals surface area contributed by atoms with Gasteiger partial charge in [0.25, 0.3) is 0 Å². The Bertz CT molecular complexity index is 722. The van der Waals surface area contributed by atoms with Gasteiger partial charge in [0, 0.05) is 6.54 Å². The van der Waals surface area contributed by atoms with Crippen molar-refractivity contribution < 1.29 is 9.18 Å². The first-order valence-corrected chi connectivity index (χ1v) is 7.80. The van der Waals surface area contributed by atoms with Gasteiger partial charge < -0.3 is 5.32 Å². The summed E-state index contributed by atoms with van der Waals surface area (Å²) >= 11 is 12.1. The number of benzene rings is 2. The molecule has 0 heterocycles. The zero-order valence-electron chi connectivity index (χ0n) is 12.9. The maximum atomic E-state index is 13.7. The molecular formula is C17H17Cl2FN2O. The zero-order chi connectivity index (χ0) is 17.0. The highest BCUT2D eigenvalue weighted by molar-refractivity contribution is 6.42. The highest BCUT2D eigenvalue weighted by atomic mass is 35.5. The molecule has 1 N–H and O–H groups in total. The van der Waals surface area contributed by atoms with E-state index in [1.165, 1.54) is 6.07 Å². The summed E-state index contributed by atoms with van der Waals surface area (Å²) < 4.78 is 13.7. The standard InChI is InChI=1S/C17H17Cl2FN2O/c1-11-6-7-15(14(20)8-11)21-16(23)10-22(2)9-12-4-3-5-13(18)17(12)19/h3-8H,9-10H2,1-2H3,(H,21,23). The van der Waals surface area contributed by atoms with Crippen molar-refractivity contribution in [2.24, 2.45) is 0 Å². The normalized spacial score (nSPS) is 10.9. The molecule has 0 aliphatic rings. The lowest BCUT2D eigenvalue weighted by molar-refractivity contribution is -0.117. The lowest BCUT2D eigenvalue weighted by Gasteiger charge is -2.17. The minimum atomic E-state index is -0.445. The molecule has 122 valence electrons. The molecule has 0 radical (unpaired) electrons. The van der Waals surface area contributed by atoms with Crippen LogP contribution in [0.4, 0.5) is 10.1 Å². The lowest BCUT2D eigenvalue weighted by Crippen LogP contribution is -2.30. The predicted molar refractivity (Wildman–Crippen MR) is 92.6 cm³/mol. The van der Waals surface area contributed by atoms with Crippen molar-refractivity contribution >= 4 is 34.8 Å². The van der Waals surface area contributed by atoms with Gasteiger partial charge in [-0.3, -0.25) is 9.69 Å². The number of anilines is 1. The molecule has 0 unspecified atom stereocenters. The highest BCUT2D eigenvalue weighted by Crippen LogP contribution is 2.26. The number of halogens is 3. The van der Waals surface area contributed by atoms with Crippen molar-refractivity contribution in [2.75, 3.05) is 18.9 Å². The van der Waals surface area contributed by atoms with Gasteiger partial charge >= 0.3 is 0 Å². The quantitative estimate of drug-likeness (QED) is 0.856. The minimum Gasteiger partial charge on any atom is -0.322 e. The minimum absolute atomic E-state index is 0.107. The van der Waals surface area contributed by atoms with Gasteiger partial charge in [0.15, 0.2) is 0 Å². The zero-order valence-corrected chi connectivity index (χ0v) is 14.4. The van der Waals surface area contributed by atoms with E-state index in [9.17, 15) is 9.18 Å². The third-order valence-corrected chi connectivity index (χ3v) is 4.14. The summed E-state index contributed by atoms with van der Waals surface area (Å²) in [5, 5.41) is 3.52. The smallest absolute Gasteiger partial charge is 0.238 e. The number of nitrogens with one attached hydrogen (secondary N) is 1. The topological polar surface area (TPSA) is 32.3 Å². The molecule has 2 rings (SSSR count). The van der Waals surface area contributed by atoms with Crippen LogP contribution in [0.2, 0.25) is 10.0 Å². The molecule has 3 nitrogen and oxygen atoms in total. The van der Waals surface area contributed by atoms with Crippen LogP contribution in [-0.4, -0.2) is 24.4 Å². The first-order valence-electron chi connectivity index (χ1n) is 7.04. The number of amides is 1. The van der Waals surface area contributed by atoms with Crippen LogP contribution in [0.3, 0.4) is 0 Å². The fraction of sp³-hybridized carbons (Fsp3) is 0.235. The van der Waals surface area contributed by atoms with Crippen LogP contribution in [0.5, 0.6) is 0 Å². The van der Waals surface area contributed by atoms with E-state index in [1.807, 2.05) is 6.07 Å². The van der Waals surface area contributed by atoms with Crippen molar-refractivity contribution in [3.8, 4) is 0 Å². The van der Waals surface area contributed by atoms with E-state index in [0.29, 0.717) is 16.6 Å². The Hall–Kier alpha value is -1.62. The largest absolute Gasteiger partial charge is 0.322 e. The number of hydrogen-bond donors (Lipinski definition) is 1. The molecule has 0 aliphatic carbocycles. The summed E-state index contributed by atoms with van der Waals surface area (Å²) in [6, 6.07) is 10.0. The molecule has 0 fully saturated rings. The number of carbonyl (C=O) groups excluding carboxylic acids is 1. The SMILES string of the molecule is Cc1ccc(NC(=O)CN(C)Cc2cccc(Cl)c2Cl)c(F)c1. The lowest BCUT2D eigenvalue weighted by atomic mass is 10.2. The Morgan fingerprint density at radius 1 is 1.26 bits per heavy atom. The Morgan fingerprint density at radius 2 is 2.00 bits per heavy atom. The Labute approximate surface area is 145 Å². The number of carbonyl (C=O) groups is 1. The predicted octanol–water partition coefficient (Wildman–Crippen LogP) is 4.51. The monoisotopic (exact) mass is 354 g/mol. The number of hydrogen-bond acceptors (Lipinski definition) is 2. The Balaban J connectivity index is 1.95. The van der Waals surface area contributed by atoms with Gasteiger partial charge in [-0.1, -0.05) is 41.4 Å². The van der Waals surface area contributed by atoms with E-state index in [-0.39, 0.29) is 18.1 Å². The Kier molecular flexibility index (Phi) is 5.99. The van der Waals surface area contributed by atoms with E-state index < -0.39 is 5.82 Å². The molecule has 1 amide bonds. The molecule has 0 aromatic heterocycles. The van der Waals surface area contributed by atoms with E-state index in [4.69, 9.17) is 23.2 Å². The highest BCUT2D eigenvalue weighted by Gasteiger charge is 2.12. The van der Waals surface area contributed by atoms with Crippen molar-refractivity contribution in [3.63, 3.8) is 0 Å². The summed E-state index contributed by atoms with van der Waals surface area (Å²) in [5.74, 6) is -0.743. The van der Waals surface area contributed by atoms with Crippen molar-refractivity contribution in [3.05, 3.63) is 63.4 Å². The summed E-state index contributed by atoms with van der Waals surface area (Å²) in [4.78, 5) is 13.8. The average Bonchev–Trinajstić information content (AvgIpc) is 2.47. The van der Waals surface area contributed by atoms with E-state index in [1.54, 1.807) is 43.1 Å². The first kappa shape index (κ1) is 17.7. The summed E-state index contributed by atoms with van der Waals surface area (Å²) in [6.07, 6.45) is 0. The molecular weight excluding hydrogens is 338 g/mol. The molecule has 0 bridgehead atoms. The van der Waals surface area contributed by atoms with Crippen molar-refractivity contribution in [2.45, 2.75) is 13.5 Å². The fourth-order valence-corrected chi connectivity index (χ4v) is 2.55. The van der Waals surface area contributed by atoms with Crippen LogP contribution in [0.25, 0.3) is 0 Å². The molecule has 0 saturated heterocycles. The first-order chi connectivity index (χ1) is 10.9. The van der Waals surface area contributed by atoms with E-state index in [0.717, 1.165) is 11.1 Å². The van der Waals surface area contributed by atoms with Gasteiger partial charge in [0.05, 0.1) is 22.3 Å². The van der Waals surface area contributed by atoms with Gasteiger partial charge in [0.2, 0.25) is 5.91 Å². The van der Waals surface area contributed by atoms with Crippen LogP contribution < -0.4 is 5.32 Å². The number of aryl methyl sites for hydroxylation is 1. The van der Waals surface area contributed by atoms with Gasteiger partial charge in [-0.05, 0) is 43.3 Å². The van der Waals surface area contributed by atoms with Gasteiger partial charge in [0.1, 0.15) is 5.82 Å². The molecule has 2 aromatic carbocycles. The van der Waals surface area contributed by atoms with Crippen LogP contribution >= 0.6 is 23.2 Å². The van der Waals surface area contributed by atoms with Crippen LogP contribution in [-0.2, 0) is 11.3 Å². The molecule has 0 atom stereocenters. The van der Waals surface area contributed by atoms with E-state index in [2.05, 4.69) is 5.32 Å². The van der Waals surface area contributed by atoms with E-state index >= 15 is 0 Å². The molecule has 0 spiro atoms. The summed E-state index contributed by atoms with van der Waals surface area (Å²) in [5.41, 5.74) is 1.80. The third kappa shape index (κ3) is 4.93. The maximum Gasteiger partial charge on any atom is 0.238 e. The fourth-order valence-electron chi connectivity index (χ4n) is 2.17. The molecule has 0 saturated carbocycles. The van der Waals surface area contributed by atoms with Gasteiger partial charge in [-0.2, -0.15) is 0 Å². The maximum absolute atomic E-state index is 13.7. The number of rotatable bonds is 5. The molecule has 0 aliphatic heterocycles. The van der Waals surface area contributed by atoms with Crippen molar-refractivity contribution in [1.29, 1.82) is 0 Å². The summed E-state index contributed by atoms with van der Waals surface area (Å²) in [7, 11) is 1.78. The second-order valence-corrected chi connectivity index (χ2v) is 6.20. The van der Waals surface area contributed by atoms with Crippen molar-refractivity contribution in [1.82, 2.24) is 4.90 Å². The van der Waals surface area contributed by atoms with Gasteiger partial charge in [-0.15, -0.1) is 0 Å². The van der Waals surface area contributed by atoms with Crippen LogP contribution in [0.15, 0.2) is 36.4 Å². The second-order valence-electron chi connectivity index (χ2n) is 5.42. The molecule has 23 heavy (non-hydrogen) atoms. The third-order valence-electron chi connectivity index (χ3n) is 3.28. The van der Waals surface area contributed by atoms with Crippen LogP contribution in [0.1, 0.15) is 11.1 Å². The van der Waals surface area contributed by atoms with Crippen LogP contribution in [0, 0.1) is 12.7 Å². The Morgan fingerprint density at radius 3 is 2.70 bits per heavy atom. The molecule has 6 heteroatoms. The summed E-state index contributed by atoms with van der Waals surface area (Å²) in [6.45, 7) is 2.36. The number of likely N-dealkylation sites (N-methyl/N-ethyl adjacent to an activating group) is 1. The van der Waals surface area contributed by atoms with Gasteiger partial charge in [-0.25, -0.2) is 4.39 Å². The number of nitrogens with zero attached hydrogens (tertiary/aromatic N) is 1.